The molecule has 7 heteroatoms. The first-order valence-corrected chi connectivity index (χ1v) is 9.74. The van der Waals surface area contributed by atoms with Gasteiger partial charge in [0.1, 0.15) is 6.07 Å². The third-order valence-corrected chi connectivity index (χ3v) is 5.59. The summed E-state index contributed by atoms with van der Waals surface area (Å²) in [6, 6.07) is 10.1. The second kappa shape index (κ2) is 7.90. The van der Waals surface area contributed by atoms with Gasteiger partial charge >= 0.3 is 0 Å². The fourth-order valence-electron chi connectivity index (χ4n) is 3.74. The lowest BCUT2D eigenvalue weighted by Gasteiger charge is -2.32. The molecule has 28 heavy (non-hydrogen) atoms. The van der Waals surface area contributed by atoms with Crippen LogP contribution in [-0.2, 0) is 13.6 Å². The maximum atomic E-state index is 9.78. The van der Waals surface area contributed by atoms with Crippen LogP contribution in [0.3, 0.4) is 0 Å². The topological polar surface area (TPSA) is 60.1 Å². The number of hydrazine groups is 1. The van der Waals surface area contributed by atoms with Gasteiger partial charge < -0.3 is 9.47 Å². The number of rotatable bonds is 4. The van der Waals surface area contributed by atoms with Gasteiger partial charge in [-0.25, -0.2) is 5.01 Å². The fourth-order valence-corrected chi connectivity index (χ4v) is 3.91. The average molecular weight is 395 g/mol. The summed E-state index contributed by atoms with van der Waals surface area (Å²) >= 11 is 6.17. The van der Waals surface area contributed by atoms with E-state index in [0.29, 0.717) is 17.1 Å². The molecule has 1 fully saturated rings. The molecular formula is C21H23ClN6. The van der Waals surface area contributed by atoms with Gasteiger partial charge in [-0.1, -0.05) is 11.6 Å². The molecule has 1 aliphatic heterocycles. The minimum absolute atomic E-state index is 0.653. The van der Waals surface area contributed by atoms with E-state index in [0.717, 1.165) is 53.9 Å². The number of aromatic nitrogens is 2. The first-order chi connectivity index (χ1) is 13.6. The minimum Gasteiger partial charge on any atom is -0.342 e. The summed E-state index contributed by atoms with van der Waals surface area (Å²) in [5, 5.41) is 13.6. The molecule has 1 saturated heterocycles. The highest BCUT2D eigenvalue weighted by atomic mass is 35.5. The van der Waals surface area contributed by atoms with Crippen LogP contribution >= 0.6 is 11.6 Å². The van der Waals surface area contributed by atoms with Crippen molar-refractivity contribution in [2.45, 2.75) is 6.54 Å². The van der Waals surface area contributed by atoms with Crippen LogP contribution in [0.25, 0.3) is 22.2 Å². The molecule has 0 atom stereocenters. The Morgan fingerprint density at radius 1 is 1.14 bits per heavy atom. The Bertz CT molecular complexity index is 1040. The number of benzene rings is 1. The smallest absolute Gasteiger partial charge is 0.102 e. The van der Waals surface area contributed by atoms with Crippen molar-refractivity contribution in [1.82, 2.24) is 24.9 Å². The molecule has 1 aromatic carbocycles. The molecular weight excluding hydrogens is 372 g/mol. The second-order valence-electron chi connectivity index (χ2n) is 7.26. The molecule has 4 rings (SSSR count). The van der Waals surface area contributed by atoms with E-state index >= 15 is 0 Å². The number of halogens is 1. The number of piperazine rings is 1. The van der Waals surface area contributed by atoms with Crippen LogP contribution < -0.4 is 5.43 Å². The highest BCUT2D eigenvalue weighted by Crippen LogP contribution is 2.33. The van der Waals surface area contributed by atoms with Crippen molar-refractivity contribution in [3.8, 4) is 17.3 Å². The van der Waals surface area contributed by atoms with Crippen molar-refractivity contribution in [2.75, 3.05) is 33.2 Å². The second-order valence-corrected chi connectivity index (χ2v) is 7.70. The molecule has 3 heterocycles. The van der Waals surface area contributed by atoms with E-state index in [9.17, 15) is 5.26 Å². The Hall–Kier alpha value is -2.43. The van der Waals surface area contributed by atoms with E-state index < -0.39 is 0 Å². The van der Waals surface area contributed by atoms with E-state index in [1.165, 1.54) is 0 Å². The van der Waals surface area contributed by atoms with Crippen LogP contribution in [0.15, 0.2) is 36.7 Å². The van der Waals surface area contributed by atoms with Crippen molar-refractivity contribution in [3.63, 3.8) is 0 Å². The van der Waals surface area contributed by atoms with E-state index in [2.05, 4.69) is 39.5 Å². The number of pyridine rings is 1. The van der Waals surface area contributed by atoms with Gasteiger partial charge in [0, 0.05) is 68.1 Å². The zero-order valence-electron chi connectivity index (χ0n) is 16.1. The molecule has 0 aliphatic carbocycles. The molecule has 0 unspecified atom stereocenters. The zero-order valence-corrected chi connectivity index (χ0v) is 16.9. The van der Waals surface area contributed by atoms with Gasteiger partial charge in [0.05, 0.1) is 16.8 Å². The predicted octanol–water partition coefficient (Wildman–Crippen LogP) is 3.02. The normalized spacial score (nSPS) is 15.8. The molecule has 0 spiro atoms. The molecule has 0 bridgehead atoms. The molecule has 0 radical (unpaired) electrons. The lowest BCUT2D eigenvalue weighted by molar-refractivity contribution is 0.102. The Morgan fingerprint density at radius 2 is 1.93 bits per heavy atom. The van der Waals surface area contributed by atoms with Gasteiger partial charge in [-0.2, -0.15) is 5.26 Å². The Balaban J connectivity index is 1.63. The predicted molar refractivity (Wildman–Crippen MR) is 112 cm³/mol. The lowest BCUT2D eigenvalue weighted by Crippen LogP contribution is -2.50. The highest BCUT2D eigenvalue weighted by Gasteiger charge is 2.18. The monoisotopic (exact) mass is 394 g/mol. The van der Waals surface area contributed by atoms with E-state index in [1.54, 1.807) is 0 Å². The van der Waals surface area contributed by atoms with Crippen molar-refractivity contribution in [2.24, 2.45) is 7.05 Å². The fraction of sp³-hybridized carbons (Fsp3) is 0.333. The third-order valence-electron chi connectivity index (χ3n) is 5.35. The standard InChI is InChI=1S/C21H23ClN6/c1-26-5-7-28(8-6-26)25-13-15-9-16(14-24-12-15)21-19(11-23)18-4-3-17(22)10-20(18)27(21)2/h3-4,9-10,12,14,25H,5-8,13H2,1-2H3. The van der Waals surface area contributed by atoms with Gasteiger partial charge in [-0.15, -0.1) is 0 Å². The summed E-state index contributed by atoms with van der Waals surface area (Å²) in [7, 11) is 4.11. The number of fused-ring (bicyclic) bond motifs is 1. The summed E-state index contributed by atoms with van der Waals surface area (Å²) in [5.41, 5.74) is 7.98. The van der Waals surface area contributed by atoms with Crippen molar-refractivity contribution in [1.29, 1.82) is 5.26 Å². The molecule has 0 saturated carbocycles. The SMILES string of the molecule is CN1CCN(NCc2cncc(-c3c(C#N)c4ccc(Cl)cc4n3C)c2)CC1. The number of nitrogens with one attached hydrogen (secondary N) is 1. The van der Waals surface area contributed by atoms with Crippen LogP contribution in [-0.4, -0.2) is 52.7 Å². The van der Waals surface area contributed by atoms with Gasteiger partial charge in [0.2, 0.25) is 0 Å². The van der Waals surface area contributed by atoms with Gasteiger partial charge in [0.25, 0.3) is 0 Å². The first kappa shape index (κ1) is 18.9. The summed E-state index contributed by atoms with van der Waals surface area (Å²) in [6.45, 7) is 4.85. The number of hydrogen-bond donors (Lipinski definition) is 1. The van der Waals surface area contributed by atoms with E-state index in [-0.39, 0.29) is 0 Å². The maximum Gasteiger partial charge on any atom is 0.102 e. The Morgan fingerprint density at radius 3 is 2.68 bits per heavy atom. The Kier molecular flexibility index (Phi) is 5.33. The molecule has 144 valence electrons. The molecule has 2 aromatic heterocycles. The lowest BCUT2D eigenvalue weighted by atomic mass is 10.1. The van der Waals surface area contributed by atoms with Crippen molar-refractivity contribution < 1.29 is 0 Å². The first-order valence-electron chi connectivity index (χ1n) is 9.36. The van der Waals surface area contributed by atoms with E-state index in [1.807, 2.05) is 42.2 Å². The number of likely N-dealkylation sites (N-methyl/N-ethyl adjacent to an activating group) is 1. The Labute approximate surface area is 169 Å². The van der Waals surface area contributed by atoms with Gasteiger partial charge in [-0.3, -0.25) is 10.4 Å². The third kappa shape index (κ3) is 3.62. The highest BCUT2D eigenvalue weighted by molar-refractivity contribution is 6.31. The summed E-state index contributed by atoms with van der Waals surface area (Å²) in [4.78, 5) is 6.75. The van der Waals surface area contributed by atoms with Crippen LogP contribution in [0.5, 0.6) is 0 Å². The number of nitrogens with zero attached hydrogens (tertiary/aromatic N) is 5. The quantitative estimate of drug-likeness (QED) is 0.737. The molecule has 0 amide bonds. The zero-order chi connectivity index (χ0) is 19.7. The van der Waals surface area contributed by atoms with Crippen LogP contribution in [0.2, 0.25) is 5.02 Å². The molecule has 1 aliphatic rings. The number of nitriles is 1. The minimum atomic E-state index is 0.653. The van der Waals surface area contributed by atoms with Crippen molar-refractivity contribution >= 4 is 22.5 Å². The molecule has 3 aromatic rings. The van der Waals surface area contributed by atoms with Gasteiger partial charge in [-0.05, 0) is 36.9 Å². The molecule has 1 N–H and O–H groups in total. The molecule has 6 nitrogen and oxygen atoms in total. The van der Waals surface area contributed by atoms with Crippen LogP contribution in [0.1, 0.15) is 11.1 Å². The maximum absolute atomic E-state index is 9.78. The van der Waals surface area contributed by atoms with Gasteiger partial charge in [0.15, 0.2) is 0 Å². The number of hydrogen-bond acceptors (Lipinski definition) is 5. The summed E-state index contributed by atoms with van der Waals surface area (Å²) in [6.07, 6.45) is 3.69. The summed E-state index contributed by atoms with van der Waals surface area (Å²) < 4.78 is 2.02. The van der Waals surface area contributed by atoms with Crippen molar-refractivity contribution in [3.05, 3.63) is 52.8 Å². The van der Waals surface area contributed by atoms with Crippen LogP contribution in [0, 0.1) is 11.3 Å². The largest absolute Gasteiger partial charge is 0.342 e. The summed E-state index contributed by atoms with van der Waals surface area (Å²) in [5.74, 6) is 0. The average Bonchev–Trinajstić information content (AvgIpc) is 2.99. The number of aryl methyl sites for hydroxylation is 1. The van der Waals surface area contributed by atoms with E-state index in [4.69, 9.17) is 11.6 Å². The van der Waals surface area contributed by atoms with Crippen LogP contribution in [0.4, 0.5) is 0 Å².